The van der Waals surface area contributed by atoms with Crippen LogP contribution in [0.2, 0.25) is 0 Å². The number of carbonyl (C=O) groups is 1. The van der Waals surface area contributed by atoms with Crippen molar-refractivity contribution in [1.82, 2.24) is 10.3 Å². The van der Waals surface area contributed by atoms with Crippen molar-refractivity contribution in [3.8, 4) is 0 Å². The molecule has 0 saturated carbocycles. The van der Waals surface area contributed by atoms with Gasteiger partial charge in [0.1, 0.15) is 17.2 Å². The Bertz CT molecular complexity index is 503. The number of aromatic amines is 1. The molecule has 5 heteroatoms. The van der Waals surface area contributed by atoms with Gasteiger partial charge in [-0.2, -0.15) is 0 Å². The van der Waals surface area contributed by atoms with Crippen LogP contribution in [0.25, 0.3) is 0 Å². The largest absolute Gasteiger partial charge is 0.364 e. The normalized spacial score (nSPS) is 10.2. The van der Waals surface area contributed by atoms with Crippen LogP contribution in [0.4, 0.5) is 8.78 Å². The fourth-order valence-electron chi connectivity index (χ4n) is 1.46. The molecule has 0 fully saturated rings. The second kappa shape index (κ2) is 4.78. The van der Waals surface area contributed by atoms with Gasteiger partial charge in [0.25, 0.3) is 5.91 Å². The molecule has 0 aliphatic carbocycles. The molecule has 1 aromatic carbocycles. The predicted molar refractivity (Wildman–Crippen MR) is 58.3 cm³/mol. The van der Waals surface area contributed by atoms with E-state index in [1.807, 2.05) is 0 Å². The zero-order chi connectivity index (χ0) is 12.3. The molecule has 1 heterocycles. The highest BCUT2D eigenvalue weighted by molar-refractivity contribution is 5.94. The van der Waals surface area contributed by atoms with Crippen molar-refractivity contribution in [3.63, 3.8) is 0 Å². The zero-order valence-corrected chi connectivity index (χ0v) is 8.84. The van der Waals surface area contributed by atoms with Gasteiger partial charge in [0, 0.05) is 11.9 Å². The van der Waals surface area contributed by atoms with Crippen LogP contribution in [-0.4, -0.2) is 10.9 Å². The van der Waals surface area contributed by atoms with Crippen molar-refractivity contribution < 1.29 is 13.6 Å². The van der Waals surface area contributed by atoms with Gasteiger partial charge in [-0.05, 0) is 24.3 Å². The number of halogens is 2. The van der Waals surface area contributed by atoms with E-state index in [0.717, 1.165) is 17.8 Å². The quantitative estimate of drug-likeness (QED) is 0.843. The molecule has 3 nitrogen and oxygen atoms in total. The van der Waals surface area contributed by atoms with E-state index in [4.69, 9.17) is 0 Å². The predicted octanol–water partition coefficient (Wildman–Crippen LogP) is 2.22. The van der Waals surface area contributed by atoms with Gasteiger partial charge >= 0.3 is 0 Å². The maximum Gasteiger partial charge on any atom is 0.257 e. The molecular formula is C12H10F2N2O. The van der Waals surface area contributed by atoms with Gasteiger partial charge in [0.15, 0.2) is 0 Å². The molecule has 0 bridgehead atoms. The summed E-state index contributed by atoms with van der Waals surface area (Å²) in [5.74, 6) is -2.50. The SMILES string of the molecule is O=C(NCc1ccc[nH]1)c1c(F)cccc1F. The fraction of sp³-hybridized carbons (Fsp3) is 0.0833. The zero-order valence-electron chi connectivity index (χ0n) is 8.84. The van der Waals surface area contributed by atoms with Gasteiger partial charge in [0.05, 0.1) is 6.54 Å². The van der Waals surface area contributed by atoms with E-state index in [0.29, 0.717) is 0 Å². The van der Waals surface area contributed by atoms with Gasteiger partial charge in [-0.15, -0.1) is 0 Å². The summed E-state index contributed by atoms with van der Waals surface area (Å²) < 4.78 is 26.5. The van der Waals surface area contributed by atoms with Crippen molar-refractivity contribution in [2.75, 3.05) is 0 Å². The lowest BCUT2D eigenvalue weighted by atomic mass is 10.2. The smallest absolute Gasteiger partial charge is 0.257 e. The van der Waals surface area contributed by atoms with Gasteiger partial charge in [-0.3, -0.25) is 4.79 Å². The average Bonchev–Trinajstić information content (AvgIpc) is 2.79. The molecule has 0 aliphatic rings. The van der Waals surface area contributed by atoms with Crippen molar-refractivity contribution in [1.29, 1.82) is 0 Å². The van der Waals surface area contributed by atoms with Crippen LogP contribution >= 0.6 is 0 Å². The highest BCUT2D eigenvalue weighted by atomic mass is 19.1. The minimum absolute atomic E-state index is 0.194. The molecule has 2 aromatic rings. The Kier molecular flexibility index (Phi) is 3.18. The molecule has 88 valence electrons. The number of amides is 1. The first kappa shape index (κ1) is 11.3. The molecule has 0 spiro atoms. The number of hydrogen-bond acceptors (Lipinski definition) is 1. The second-order valence-corrected chi connectivity index (χ2v) is 3.47. The minimum atomic E-state index is -0.867. The first-order valence-corrected chi connectivity index (χ1v) is 5.03. The Balaban J connectivity index is 2.10. The topological polar surface area (TPSA) is 44.9 Å². The van der Waals surface area contributed by atoms with Crippen LogP contribution in [0.5, 0.6) is 0 Å². The standard InChI is InChI=1S/C12H10F2N2O/c13-9-4-1-5-10(14)11(9)12(17)16-7-8-3-2-6-15-8/h1-6,15H,7H2,(H,16,17). The van der Waals surface area contributed by atoms with E-state index in [9.17, 15) is 13.6 Å². The molecule has 0 saturated heterocycles. The van der Waals surface area contributed by atoms with E-state index in [2.05, 4.69) is 10.3 Å². The van der Waals surface area contributed by atoms with E-state index >= 15 is 0 Å². The maximum atomic E-state index is 13.3. The molecule has 0 radical (unpaired) electrons. The molecule has 0 atom stereocenters. The van der Waals surface area contributed by atoms with Crippen LogP contribution in [0.3, 0.4) is 0 Å². The summed E-state index contributed by atoms with van der Waals surface area (Å²) in [5, 5.41) is 2.43. The van der Waals surface area contributed by atoms with E-state index < -0.39 is 23.1 Å². The Morgan fingerprint density at radius 2 is 1.88 bits per heavy atom. The molecule has 1 aromatic heterocycles. The molecule has 0 unspecified atom stereocenters. The van der Waals surface area contributed by atoms with Crippen LogP contribution in [0, 0.1) is 11.6 Å². The first-order chi connectivity index (χ1) is 8.18. The molecule has 0 aliphatic heterocycles. The summed E-state index contributed by atoms with van der Waals surface area (Å²) in [6.07, 6.45) is 1.70. The summed E-state index contributed by atoms with van der Waals surface area (Å²) >= 11 is 0. The van der Waals surface area contributed by atoms with Crippen molar-refractivity contribution in [2.24, 2.45) is 0 Å². The van der Waals surface area contributed by atoms with Crippen molar-refractivity contribution in [2.45, 2.75) is 6.54 Å². The summed E-state index contributed by atoms with van der Waals surface area (Å²) in [6, 6.07) is 6.84. The summed E-state index contributed by atoms with van der Waals surface area (Å²) in [7, 11) is 0. The van der Waals surface area contributed by atoms with Crippen LogP contribution in [-0.2, 0) is 6.54 Å². The number of hydrogen-bond donors (Lipinski definition) is 2. The van der Waals surface area contributed by atoms with Gasteiger partial charge in [-0.1, -0.05) is 6.07 Å². The average molecular weight is 236 g/mol. The molecule has 2 N–H and O–H groups in total. The Hall–Kier alpha value is -2.17. The lowest BCUT2D eigenvalue weighted by Crippen LogP contribution is -2.25. The van der Waals surface area contributed by atoms with Crippen LogP contribution < -0.4 is 5.32 Å². The number of rotatable bonds is 3. The number of carbonyl (C=O) groups excluding carboxylic acids is 1. The van der Waals surface area contributed by atoms with Gasteiger partial charge in [0.2, 0.25) is 0 Å². The first-order valence-electron chi connectivity index (χ1n) is 5.03. The summed E-state index contributed by atoms with van der Waals surface area (Å²) in [6.45, 7) is 0.194. The molecule has 17 heavy (non-hydrogen) atoms. The van der Waals surface area contributed by atoms with Crippen LogP contribution in [0.15, 0.2) is 36.5 Å². The third-order valence-electron chi connectivity index (χ3n) is 2.29. The van der Waals surface area contributed by atoms with Gasteiger partial charge < -0.3 is 10.3 Å². The monoisotopic (exact) mass is 236 g/mol. The van der Waals surface area contributed by atoms with Crippen molar-refractivity contribution in [3.05, 3.63) is 59.4 Å². The lowest BCUT2D eigenvalue weighted by molar-refractivity contribution is 0.0942. The van der Waals surface area contributed by atoms with Gasteiger partial charge in [-0.25, -0.2) is 8.78 Å². The molecular weight excluding hydrogens is 226 g/mol. The third-order valence-corrected chi connectivity index (χ3v) is 2.29. The molecule has 2 rings (SSSR count). The Morgan fingerprint density at radius 1 is 1.18 bits per heavy atom. The minimum Gasteiger partial charge on any atom is -0.364 e. The number of nitrogens with one attached hydrogen (secondary N) is 2. The highest BCUT2D eigenvalue weighted by Gasteiger charge is 2.16. The number of aromatic nitrogens is 1. The van der Waals surface area contributed by atoms with E-state index in [1.165, 1.54) is 6.07 Å². The van der Waals surface area contributed by atoms with Crippen LogP contribution in [0.1, 0.15) is 16.1 Å². The number of H-pyrrole nitrogens is 1. The second-order valence-electron chi connectivity index (χ2n) is 3.47. The lowest BCUT2D eigenvalue weighted by Gasteiger charge is -2.05. The molecule has 1 amide bonds. The maximum absolute atomic E-state index is 13.3. The third kappa shape index (κ3) is 2.50. The van der Waals surface area contributed by atoms with E-state index in [1.54, 1.807) is 18.3 Å². The Morgan fingerprint density at radius 3 is 2.47 bits per heavy atom. The highest BCUT2D eigenvalue weighted by Crippen LogP contribution is 2.11. The van der Waals surface area contributed by atoms with E-state index in [-0.39, 0.29) is 6.54 Å². The Labute approximate surface area is 96.5 Å². The summed E-state index contributed by atoms with van der Waals surface area (Å²) in [5.41, 5.74) is 0.203. The summed E-state index contributed by atoms with van der Waals surface area (Å²) in [4.78, 5) is 14.4. The fourth-order valence-corrected chi connectivity index (χ4v) is 1.46. The van der Waals surface area contributed by atoms with Crippen molar-refractivity contribution >= 4 is 5.91 Å². The number of benzene rings is 1.